The molecule has 1 aromatic rings. The predicted molar refractivity (Wildman–Crippen MR) is 101 cm³/mol. The fourth-order valence-corrected chi connectivity index (χ4v) is 3.04. The van der Waals surface area contributed by atoms with Gasteiger partial charge in [-0.2, -0.15) is 13.2 Å². The number of carbonyl (C=O) groups excluding carboxylic acids is 1. The molecule has 2 rings (SSSR count). The Labute approximate surface area is 166 Å². The van der Waals surface area contributed by atoms with Crippen LogP contribution in [0.5, 0.6) is 0 Å². The summed E-state index contributed by atoms with van der Waals surface area (Å²) in [5.74, 6) is -0.253. The van der Waals surface area contributed by atoms with Crippen molar-refractivity contribution < 1.29 is 27.6 Å². The Hall–Kier alpha value is -2.24. The Kier molecular flexibility index (Phi) is 8.35. The number of benzene rings is 1. The lowest BCUT2D eigenvalue weighted by Gasteiger charge is -2.34. The van der Waals surface area contributed by atoms with Crippen molar-refractivity contribution in [2.24, 2.45) is 0 Å². The summed E-state index contributed by atoms with van der Waals surface area (Å²) in [5.41, 5.74) is 0.855. The minimum absolute atomic E-state index is 0.0457. The molecule has 1 amide bonds. The van der Waals surface area contributed by atoms with Gasteiger partial charge in [-0.15, -0.1) is 0 Å². The van der Waals surface area contributed by atoms with Crippen LogP contribution in [0.4, 0.5) is 24.5 Å². The molecule has 0 aromatic heterocycles. The van der Waals surface area contributed by atoms with Crippen LogP contribution < -0.4 is 5.32 Å². The standard InChI is InChI=1S/C18H25F3N4O4/c1-14-3-4-15(11-16(14)25(27)28)22-17(26)12-24-8-6-23(7-9-24)5-2-10-29-13-18(19,20)21/h3-4,11H,2,5-10,12-13H2,1H3,(H,22,26). The van der Waals surface area contributed by atoms with Gasteiger partial charge in [0.1, 0.15) is 6.61 Å². The molecule has 0 saturated carbocycles. The van der Waals surface area contributed by atoms with Gasteiger partial charge in [0.15, 0.2) is 0 Å². The number of carbonyl (C=O) groups is 1. The quantitative estimate of drug-likeness (QED) is 0.377. The molecule has 0 radical (unpaired) electrons. The van der Waals surface area contributed by atoms with Crippen LogP contribution in [0.25, 0.3) is 0 Å². The van der Waals surface area contributed by atoms with Gasteiger partial charge in [-0.1, -0.05) is 6.07 Å². The molecule has 29 heavy (non-hydrogen) atoms. The second kappa shape index (κ2) is 10.5. The molecule has 0 unspecified atom stereocenters. The molecule has 0 aliphatic carbocycles. The number of nitro benzene ring substituents is 1. The van der Waals surface area contributed by atoms with Crippen LogP contribution in [0.2, 0.25) is 0 Å². The molecule has 8 nitrogen and oxygen atoms in total. The number of nitrogens with zero attached hydrogens (tertiary/aromatic N) is 3. The van der Waals surface area contributed by atoms with E-state index in [0.717, 1.165) is 0 Å². The van der Waals surface area contributed by atoms with Crippen molar-refractivity contribution in [3.8, 4) is 0 Å². The summed E-state index contributed by atoms with van der Waals surface area (Å²) < 4.78 is 40.6. The summed E-state index contributed by atoms with van der Waals surface area (Å²) in [6, 6.07) is 4.55. The molecule has 1 aromatic carbocycles. The van der Waals surface area contributed by atoms with E-state index in [1.807, 2.05) is 4.90 Å². The smallest absolute Gasteiger partial charge is 0.372 e. The van der Waals surface area contributed by atoms with Crippen LogP contribution in [0.15, 0.2) is 18.2 Å². The second-order valence-corrected chi connectivity index (χ2v) is 6.95. The zero-order valence-corrected chi connectivity index (χ0v) is 16.2. The van der Waals surface area contributed by atoms with Gasteiger partial charge in [0.05, 0.1) is 11.5 Å². The van der Waals surface area contributed by atoms with Crippen LogP contribution in [0.3, 0.4) is 0 Å². The van der Waals surface area contributed by atoms with Gasteiger partial charge in [-0.05, 0) is 19.4 Å². The molecule has 162 valence electrons. The molecule has 1 aliphatic heterocycles. The first-order valence-electron chi connectivity index (χ1n) is 9.28. The Morgan fingerprint density at radius 1 is 1.24 bits per heavy atom. The summed E-state index contributed by atoms with van der Waals surface area (Å²) in [7, 11) is 0. The van der Waals surface area contributed by atoms with E-state index in [-0.39, 0.29) is 24.7 Å². The van der Waals surface area contributed by atoms with Crippen molar-refractivity contribution in [1.29, 1.82) is 0 Å². The maximum atomic E-state index is 12.2. The highest BCUT2D eigenvalue weighted by molar-refractivity contribution is 5.92. The zero-order valence-electron chi connectivity index (χ0n) is 16.2. The zero-order chi connectivity index (χ0) is 21.4. The van der Waals surface area contributed by atoms with Gasteiger partial charge in [-0.3, -0.25) is 19.8 Å². The number of hydrogen-bond donors (Lipinski definition) is 1. The van der Waals surface area contributed by atoms with Gasteiger partial charge in [-0.25, -0.2) is 0 Å². The van der Waals surface area contributed by atoms with Gasteiger partial charge >= 0.3 is 6.18 Å². The third kappa shape index (κ3) is 8.34. The van der Waals surface area contributed by atoms with Crippen LogP contribution >= 0.6 is 0 Å². The number of rotatable bonds is 9. The van der Waals surface area contributed by atoms with E-state index in [1.54, 1.807) is 19.1 Å². The molecular weight excluding hydrogens is 393 g/mol. The lowest BCUT2D eigenvalue weighted by molar-refractivity contribution is -0.385. The second-order valence-electron chi connectivity index (χ2n) is 6.95. The normalized spacial score (nSPS) is 16.0. The first-order chi connectivity index (χ1) is 13.6. The number of halogens is 3. The topological polar surface area (TPSA) is 88.0 Å². The third-order valence-corrected chi connectivity index (χ3v) is 4.55. The van der Waals surface area contributed by atoms with Gasteiger partial charge in [0, 0.05) is 56.6 Å². The van der Waals surface area contributed by atoms with Gasteiger partial charge < -0.3 is 15.0 Å². The Morgan fingerprint density at radius 3 is 2.52 bits per heavy atom. The number of piperazine rings is 1. The third-order valence-electron chi connectivity index (χ3n) is 4.55. The molecule has 0 atom stereocenters. The summed E-state index contributed by atoms with van der Waals surface area (Å²) in [6.45, 7) is 4.02. The van der Waals surface area contributed by atoms with Gasteiger partial charge in [0.25, 0.3) is 5.69 Å². The van der Waals surface area contributed by atoms with E-state index in [2.05, 4.69) is 15.0 Å². The van der Waals surface area contributed by atoms with E-state index < -0.39 is 17.7 Å². The van der Waals surface area contributed by atoms with Gasteiger partial charge in [0.2, 0.25) is 5.91 Å². The lowest BCUT2D eigenvalue weighted by Crippen LogP contribution is -2.48. The molecule has 0 bridgehead atoms. The number of aryl methyl sites for hydroxylation is 1. The maximum absolute atomic E-state index is 12.2. The fraction of sp³-hybridized carbons (Fsp3) is 0.611. The van der Waals surface area contributed by atoms with Crippen LogP contribution in [-0.2, 0) is 9.53 Å². The first-order valence-corrected chi connectivity index (χ1v) is 9.28. The summed E-state index contributed by atoms with van der Waals surface area (Å²) in [4.78, 5) is 26.8. The maximum Gasteiger partial charge on any atom is 0.411 e. The number of alkyl halides is 3. The SMILES string of the molecule is Cc1ccc(NC(=O)CN2CCN(CCCOCC(F)(F)F)CC2)cc1[N+](=O)[O-]. The average Bonchev–Trinajstić information content (AvgIpc) is 2.63. The molecule has 11 heteroatoms. The Balaban J connectivity index is 1.67. The number of ether oxygens (including phenoxy) is 1. The highest BCUT2D eigenvalue weighted by atomic mass is 19.4. The predicted octanol–water partition coefficient (Wildman–Crippen LogP) is 2.43. The minimum Gasteiger partial charge on any atom is -0.372 e. The summed E-state index contributed by atoms with van der Waals surface area (Å²) in [5, 5.41) is 13.7. The molecule has 1 fully saturated rings. The summed E-state index contributed by atoms with van der Waals surface area (Å²) in [6.07, 6.45) is -3.78. The molecule has 1 aliphatic rings. The Bertz CT molecular complexity index is 707. The molecule has 1 N–H and O–H groups in total. The molecule has 0 spiro atoms. The fourth-order valence-electron chi connectivity index (χ4n) is 3.04. The lowest BCUT2D eigenvalue weighted by atomic mass is 10.2. The highest BCUT2D eigenvalue weighted by Crippen LogP contribution is 2.22. The number of anilines is 1. The van der Waals surface area contributed by atoms with Crippen LogP contribution in [0, 0.1) is 17.0 Å². The number of hydrogen-bond acceptors (Lipinski definition) is 6. The van der Waals surface area contributed by atoms with E-state index in [4.69, 9.17) is 0 Å². The van der Waals surface area contributed by atoms with E-state index in [0.29, 0.717) is 50.4 Å². The van der Waals surface area contributed by atoms with Crippen LogP contribution in [0.1, 0.15) is 12.0 Å². The Morgan fingerprint density at radius 2 is 1.90 bits per heavy atom. The average molecular weight is 418 g/mol. The molecule has 1 heterocycles. The monoisotopic (exact) mass is 418 g/mol. The molecular formula is C18H25F3N4O4. The highest BCUT2D eigenvalue weighted by Gasteiger charge is 2.27. The van der Waals surface area contributed by atoms with Crippen molar-refractivity contribution in [1.82, 2.24) is 9.80 Å². The molecule has 1 saturated heterocycles. The van der Waals surface area contributed by atoms with E-state index in [9.17, 15) is 28.1 Å². The minimum atomic E-state index is -4.30. The van der Waals surface area contributed by atoms with Crippen molar-refractivity contribution in [2.75, 3.05) is 57.8 Å². The number of nitrogens with one attached hydrogen (secondary N) is 1. The van der Waals surface area contributed by atoms with Crippen molar-refractivity contribution in [2.45, 2.75) is 19.5 Å². The van der Waals surface area contributed by atoms with E-state index in [1.165, 1.54) is 6.07 Å². The first kappa shape index (κ1) is 23.0. The van der Waals surface area contributed by atoms with Crippen molar-refractivity contribution in [3.05, 3.63) is 33.9 Å². The number of nitro groups is 1. The van der Waals surface area contributed by atoms with Crippen LogP contribution in [-0.4, -0.2) is 79.3 Å². The largest absolute Gasteiger partial charge is 0.411 e. The summed E-state index contributed by atoms with van der Waals surface area (Å²) >= 11 is 0. The van der Waals surface area contributed by atoms with E-state index >= 15 is 0 Å². The van der Waals surface area contributed by atoms with Crippen molar-refractivity contribution >= 4 is 17.3 Å². The number of amides is 1. The van der Waals surface area contributed by atoms with Crippen molar-refractivity contribution in [3.63, 3.8) is 0 Å².